The van der Waals surface area contributed by atoms with Gasteiger partial charge in [0.15, 0.2) is 0 Å². The van der Waals surface area contributed by atoms with Crippen molar-refractivity contribution in [3.63, 3.8) is 0 Å². The van der Waals surface area contributed by atoms with Crippen molar-refractivity contribution in [2.45, 2.75) is 70.6 Å². The third-order valence-corrected chi connectivity index (χ3v) is 2.80. The lowest BCUT2D eigenvalue weighted by Crippen LogP contribution is -2.36. The zero-order valence-corrected chi connectivity index (χ0v) is 12.6. The molecule has 1 unspecified atom stereocenters. The zero-order valence-electron chi connectivity index (χ0n) is 12.6. The van der Waals surface area contributed by atoms with E-state index in [9.17, 15) is 14.7 Å². The number of carbonyl (C=O) groups is 2. The molecule has 1 saturated carbocycles. The summed E-state index contributed by atoms with van der Waals surface area (Å²) in [7, 11) is 0. The van der Waals surface area contributed by atoms with Gasteiger partial charge in [-0.3, -0.25) is 4.79 Å². The van der Waals surface area contributed by atoms with Gasteiger partial charge in [0.25, 0.3) is 0 Å². The molecule has 3 N–H and O–H groups in total. The Morgan fingerprint density at radius 3 is 2.50 bits per heavy atom. The fourth-order valence-electron chi connectivity index (χ4n) is 1.62. The van der Waals surface area contributed by atoms with Crippen LogP contribution in [0.2, 0.25) is 0 Å². The summed E-state index contributed by atoms with van der Waals surface area (Å²) in [6.07, 6.45) is 2.43. The Kier molecular flexibility index (Phi) is 6.26. The third-order valence-electron chi connectivity index (χ3n) is 2.80. The van der Waals surface area contributed by atoms with Crippen molar-refractivity contribution in [1.29, 1.82) is 0 Å². The highest BCUT2D eigenvalue weighted by Gasteiger charge is 2.26. The van der Waals surface area contributed by atoms with Crippen molar-refractivity contribution in [1.82, 2.24) is 10.6 Å². The lowest BCUT2D eigenvalue weighted by atomic mass is 10.1. The molecule has 0 aromatic rings. The molecule has 1 fully saturated rings. The molecule has 0 bridgehead atoms. The number of aliphatic hydroxyl groups is 1. The Labute approximate surface area is 120 Å². The predicted octanol–water partition coefficient (Wildman–Crippen LogP) is 1.32. The number of ether oxygens (including phenoxy) is 1. The van der Waals surface area contributed by atoms with Gasteiger partial charge in [0.2, 0.25) is 5.91 Å². The van der Waals surface area contributed by atoms with E-state index in [4.69, 9.17) is 4.74 Å². The van der Waals surface area contributed by atoms with Crippen LogP contribution in [0.5, 0.6) is 0 Å². The first-order valence-electron chi connectivity index (χ1n) is 7.23. The maximum atomic E-state index is 11.5. The van der Waals surface area contributed by atoms with Gasteiger partial charge < -0.3 is 20.5 Å². The van der Waals surface area contributed by atoms with Crippen molar-refractivity contribution in [2.24, 2.45) is 0 Å². The first-order valence-corrected chi connectivity index (χ1v) is 7.23. The average molecular weight is 286 g/mol. The lowest BCUT2D eigenvalue weighted by molar-refractivity contribution is -0.129. The van der Waals surface area contributed by atoms with Gasteiger partial charge in [0, 0.05) is 12.6 Å². The molecule has 1 rings (SSSR count). The monoisotopic (exact) mass is 286 g/mol. The highest BCUT2D eigenvalue weighted by molar-refractivity contribution is 5.80. The molecule has 1 atom stereocenters. The number of amides is 2. The second-order valence-electron chi connectivity index (χ2n) is 6.22. The number of rotatable bonds is 7. The Morgan fingerprint density at radius 1 is 1.30 bits per heavy atom. The number of unbranched alkanes of at least 4 members (excludes halogenated alkanes) is 1. The van der Waals surface area contributed by atoms with Crippen molar-refractivity contribution in [3.05, 3.63) is 0 Å². The van der Waals surface area contributed by atoms with Gasteiger partial charge in [-0.25, -0.2) is 4.79 Å². The Morgan fingerprint density at radius 2 is 1.95 bits per heavy atom. The van der Waals surface area contributed by atoms with Crippen molar-refractivity contribution in [3.8, 4) is 0 Å². The molecule has 6 heteroatoms. The zero-order chi connectivity index (χ0) is 15.2. The SMILES string of the molecule is CC(C)(C)OC(=O)NCCCCC(O)C(=O)NC1CC1. The molecule has 0 aliphatic heterocycles. The lowest BCUT2D eigenvalue weighted by Gasteiger charge is -2.19. The molecule has 0 aromatic carbocycles. The van der Waals surface area contributed by atoms with Crippen LogP contribution in [0.15, 0.2) is 0 Å². The van der Waals surface area contributed by atoms with E-state index >= 15 is 0 Å². The summed E-state index contributed by atoms with van der Waals surface area (Å²) in [5, 5.41) is 15.0. The standard InChI is InChI=1S/C14H26N2O4/c1-14(2,3)20-13(19)15-9-5-4-6-11(17)12(18)16-10-7-8-10/h10-11,17H,4-9H2,1-3H3,(H,15,19)(H,16,18). The van der Waals surface area contributed by atoms with Crippen LogP contribution < -0.4 is 10.6 Å². The van der Waals surface area contributed by atoms with E-state index in [1.807, 2.05) is 0 Å². The minimum absolute atomic E-state index is 0.269. The molecule has 1 aliphatic carbocycles. The van der Waals surface area contributed by atoms with Crippen molar-refractivity contribution < 1.29 is 19.4 Å². The first kappa shape index (κ1) is 16.8. The maximum absolute atomic E-state index is 11.5. The summed E-state index contributed by atoms with van der Waals surface area (Å²) < 4.78 is 5.09. The molecule has 0 radical (unpaired) electrons. The summed E-state index contributed by atoms with van der Waals surface area (Å²) in [5.74, 6) is -0.285. The average Bonchev–Trinajstić information content (AvgIpc) is 3.09. The first-order chi connectivity index (χ1) is 9.28. The maximum Gasteiger partial charge on any atom is 0.407 e. The van der Waals surface area contributed by atoms with Crippen LogP contribution in [0.25, 0.3) is 0 Å². The molecule has 20 heavy (non-hydrogen) atoms. The van der Waals surface area contributed by atoms with Gasteiger partial charge in [0.1, 0.15) is 11.7 Å². The van der Waals surface area contributed by atoms with E-state index in [1.54, 1.807) is 20.8 Å². The van der Waals surface area contributed by atoms with Crippen molar-refractivity contribution >= 4 is 12.0 Å². The van der Waals surface area contributed by atoms with Crippen LogP contribution in [0.1, 0.15) is 52.9 Å². The van der Waals surface area contributed by atoms with E-state index < -0.39 is 17.8 Å². The Bertz CT molecular complexity index is 335. The van der Waals surface area contributed by atoms with Crippen LogP contribution in [0.4, 0.5) is 4.79 Å². The van der Waals surface area contributed by atoms with Gasteiger partial charge in [-0.2, -0.15) is 0 Å². The Hall–Kier alpha value is -1.30. The summed E-state index contributed by atoms with van der Waals surface area (Å²) in [4.78, 5) is 22.8. The van der Waals surface area contributed by atoms with Crippen LogP contribution in [0, 0.1) is 0 Å². The smallest absolute Gasteiger partial charge is 0.407 e. The second kappa shape index (κ2) is 7.47. The van der Waals surface area contributed by atoms with E-state index in [0.717, 1.165) is 12.8 Å². The van der Waals surface area contributed by atoms with Crippen LogP contribution in [-0.2, 0) is 9.53 Å². The molecule has 2 amide bonds. The van der Waals surface area contributed by atoms with E-state index in [-0.39, 0.29) is 11.9 Å². The van der Waals surface area contributed by atoms with Crippen LogP contribution in [-0.4, -0.2) is 41.4 Å². The molecule has 0 spiro atoms. The molecular weight excluding hydrogens is 260 g/mol. The van der Waals surface area contributed by atoms with E-state index in [0.29, 0.717) is 25.8 Å². The molecule has 0 aromatic heterocycles. The molecule has 1 aliphatic rings. The van der Waals surface area contributed by atoms with Gasteiger partial charge in [-0.15, -0.1) is 0 Å². The quantitative estimate of drug-likeness (QED) is 0.616. The topological polar surface area (TPSA) is 87.7 Å². The summed E-state index contributed by atoms with van der Waals surface area (Å²) in [6, 6.07) is 0.269. The molecule has 6 nitrogen and oxygen atoms in total. The number of alkyl carbamates (subject to hydrolysis) is 1. The third kappa shape index (κ3) is 7.99. The highest BCUT2D eigenvalue weighted by Crippen LogP contribution is 2.19. The second-order valence-corrected chi connectivity index (χ2v) is 6.22. The fraction of sp³-hybridized carbons (Fsp3) is 0.857. The number of hydrogen-bond acceptors (Lipinski definition) is 4. The summed E-state index contributed by atoms with van der Waals surface area (Å²) >= 11 is 0. The number of nitrogens with one attached hydrogen (secondary N) is 2. The predicted molar refractivity (Wildman–Crippen MR) is 75.3 cm³/mol. The molecule has 116 valence electrons. The van der Waals surface area contributed by atoms with Gasteiger partial charge in [0.05, 0.1) is 0 Å². The largest absolute Gasteiger partial charge is 0.444 e. The van der Waals surface area contributed by atoms with E-state index in [2.05, 4.69) is 10.6 Å². The molecular formula is C14H26N2O4. The number of carbonyl (C=O) groups excluding carboxylic acids is 2. The fourth-order valence-corrected chi connectivity index (χ4v) is 1.62. The summed E-state index contributed by atoms with van der Waals surface area (Å²) in [5.41, 5.74) is -0.499. The van der Waals surface area contributed by atoms with Crippen molar-refractivity contribution in [2.75, 3.05) is 6.54 Å². The van der Waals surface area contributed by atoms with Gasteiger partial charge in [-0.05, 0) is 52.9 Å². The van der Waals surface area contributed by atoms with Gasteiger partial charge >= 0.3 is 6.09 Å². The number of hydrogen-bond donors (Lipinski definition) is 3. The Balaban J connectivity index is 2.00. The molecule has 0 saturated heterocycles. The minimum atomic E-state index is -0.947. The molecule has 0 heterocycles. The van der Waals surface area contributed by atoms with Crippen LogP contribution >= 0.6 is 0 Å². The normalized spacial score (nSPS) is 16.4. The van der Waals surface area contributed by atoms with E-state index in [1.165, 1.54) is 0 Å². The van der Waals surface area contributed by atoms with Gasteiger partial charge in [-0.1, -0.05) is 0 Å². The number of aliphatic hydroxyl groups excluding tert-OH is 1. The van der Waals surface area contributed by atoms with Crippen LogP contribution in [0.3, 0.4) is 0 Å². The summed E-state index contributed by atoms with van der Waals surface area (Å²) in [6.45, 7) is 5.90. The highest BCUT2D eigenvalue weighted by atomic mass is 16.6. The minimum Gasteiger partial charge on any atom is -0.444 e.